The van der Waals surface area contributed by atoms with Gasteiger partial charge < -0.3 is 9.47 Å². The van der Waals surface area contributed by atoms with Gasteiger partial charge in [0.1, 0.15) is 0 Å². The lowest BCUT2D eigenvalue weighted by Crippen LogP contribution is -2.25. The van der Waals surface area contributed by atoms with Crippen LogP contribution in [0.25, 0.3) is 0 Å². The van der Waals surface area contributed by atoms with Crippen LogP contribution in [-0.4, -0.2) is 37.6 Å². The van der Waals surface area contributed by atoms with Crippen LogP contribution in [0.5, 0.6) is 0 Å². The first-order valence-corrected chi connectivity index (χ1v) is 9.04. The molecule has 0 aromatic heterocycles. The molecule has 148 valence electrons. The number of methoxy groups -OCH3 is 1. The van der Waals surface area contributed by atoms with Gasteiger partial charge in [0.2, 0.25) is 0 Å². The van der Waals surface area contributed by atoms with Crippen molar-refractivity contribution in [3.05, 3.63) is 70.2 Å². The number of benzene rings is 2. The van der Waals surface area contributed by atoms with Crippen LogP contribution in [-0.2, 0) is 14.3 Å². The van der Waals surface area contributed by atoms with Crippen molar-refractivity contribution in [1.29, 1.82) is 0 Å². The quantitative estimate of drug-likeness (QED) is 0.480. The summed E-state index contributed by atoms with van der Waals surface area (Å²) in [6.45, 7) is 1.63. The van der Waals surface area contributed by atoms with Gasteiger partial charge in [-0.2, -0.15) is 0 Å². The van der Waals surface area contributed by atoms with E-state index in [1.165, 1.54) is 31.4 Å². The van der Waals surface area contributed by atoms with E-state index in [1.54, 1.807) is 31.2 Å². The average Bonchev–Trinajstić information content (AvgIpc) is 2.71. The summed E-state index contributed by atoms with van der Waals surface area (Å²) in [6.07, 6.45) is -2.31. The summed E-state index contributed by atoms with van der Waals surface area (Å²) in [7, 11) is 1.26. The molecular weight excluding hydrogens is 387 g/mol. The highest BCUT2D eigenvalue weighted by atomic mass is 35.5. The SMILES string of the molecule is CCOC(=O)C(F)C[C@H](C(=O)c1ccc(C(=O)OC)cc1)c1ccc(Cl)cc1. The summed E-state index contributed by atoms with van der Waals surface area (Å²) < 4.78 is 23.7. The second-order valence-corrected chi connectivity index (χ2v) is 6.43. The Labute approximate surface area is 167 Å². The van der Waals surface area contributed by atoms with Crippen LogP contribution >= 0.6 is 11.6 Å². The van der Waals surface area contributed by atoms with Crippen molar-refractivity contribution in [2.75, 3.05) is 13.7 Å². The Morgan fingerprint density at radius 2 is 1.57 bits per heavy atom. The van der Waals surface area contributed by atoms with Crippen LogP contribution in [0.3, 0.4) is 0 Å². The van der Waals surface area contributed by atoms with Crippen molar-refractivity contribution in [3.8, 4) is 0 Å². The number of Topliss-reactive ketones (excluding diaryl/α,β-unsaturated/α-hetero) is 1. The van der Waals surface area contributed by atoms with Crippen LogP contribution in [0.15, 0.2) is 48.5 Å². The third-order valence-electron chi connectivity index (χ3n) is 4.16. The standard InChI is InChI=1S/C21H20ClFO5/c1-3-28-21(26)18(23)12-17(13-8-10-16(22)11-9-13)19(24)14-4-6-15(7-5-14)20(25)27-2/h4-11,17-18H,3,12H2,1-2H3/t17-,18?/m0/s1. The van der Waals surface area contributed by atoms with Crippen LogP contribution in [0.1, 0.15) is 45.5 Å². The molecule has 0 fully saturated rings. The van der Waals surface area contributed by atoms with Gasteiger partial charge in [0.25, 0.3) is 0 Å². The highest BCUT2D eigenvalue weighted by molar-refractivity contribution is 6.30. The molecule has 0 amide bonds. The fourth-order valence-electron chi connectivity index (χ4n) is 2.72. The van der Waals surface area contributed by atoms with Gasteiger partial charge in [-0.25, -0.2) is 14.0 Å². The van der Waals surface area contributed by atoms with Gasteiger partial charge in [-0.3, -0.25) is 4.79 Å². The topological polar surface area (TPSA) is 69.7 Å². The Morgan fingerprint density at radius 1 is 1.00 bits per heavy atom. The van der Waals surface area contributed by atoms with Crippen molar-refractivity contribution >= 4 is 29.3 Å². The largest absolute Gasteiger partial charge is 0.465 e. The monoisotopic (exact) mass is 406 g/mol. The highest BCUT2D eigenvalue weighted by Crippen LogP contribution is 2.28. The van der Waals surface area contributed by atoms with E-state index in [1.807, 2.05) is 0 Å². The molecule has 28 heavy (non-hydrogen) atoms. The molecule has 0 bridgehead atoms. The summed E-state index contributed by atoms with van der Waals surface area (Å²) in [5.41, 5.74) is 1.10. The minimum Gasteiger partial charge on any atom is -0.465 e. The first-order valence-electron chi connectivity index (χ1n) is 8.66. The van der Waals surface area contributed by atoms with Crippen LogP contribution in [0, 0.1) is 0 Å². The fourth-order valence-corrected chi connectivity index (χ4v) is 2.84. The summed E-state index contributed by atoms with van der Waals surface area (Å²) in [5, 5.41) is 0.472. The maximum atomic E-state index is 14.4. The molecule has 2 aromatic carbocycles. The Hall–Kier alpha value is -2.73. The van der Waals surface area contributed by atoms with Crippen molar-refractivity contribution in [2.24, 2.45) is 0 Å². The maximum absolute atomic E-state index is 14.4. The zero-order valence-corrected chi connectivity index (χ0v) is 16.2. The number of ether oxygens (including phenoxy) is 2. The Balaban J connectivity index is 2.31. The molecule has 0 aliphatic carbocycles. The molecule has 1 unspecified atom stereocenters. The lowest BCUT2D eigenvalue weighted by molar-refractivity contribution is -0.149. The third-order valence-corrected chi connectivity index (χ3v) is 4.42. The van der Waals surface area contributed by atoms with Crippen LogP contribution < -0.4 is 0 Å². The molecular formula is C21H20ClFO5. The summed E-state index contributed by atoms with van der Waals surface area (Å²) in [4.78, 5) is 36.3. The van der Waals surface area contributed by atoms with Gasteiger partial charge in [0.15, 0.2) is 12.0 Å². The molecule has 0 aliphatic heterocycles. The van der Waals surface area contributed by atoms with Gasteiger partial charge >= 0.3 is 11.9 Å². The molecule has 0 spiro atoms. The predicted molar refractivity (Wildman–Crippen MR) is 102 cm³/mol. The number of halogens is 2. The van der Waals surface area contributed by atoms with Gasteiger partial charge in [0.05, 0.1) is 25.2 Å². The number of esters is 2. The Morgan fingerprint density at radius 3 is 2.11 bits per heavy atom. The zero-order valence-electron chi connectivity index (χ0n) is 15.5. The number of rotatable bonds is 8. The van der Waals surface area contributed by atoms with E-state index in [0.717, 1.165) is 0 Å². The third kappa shape index (κ3) is 5.39. The number of carbonyl (C=O) groups is 3. The first kappa shape index (κ1) is 21.6. The minimum absolute atomic E-state index is 0.0494. The average molecular weight is 407 g/mol. The van der Waals surface area contributed by atoms with Gasteiger partial charge in [-0.05, 0) is 36.8 Å². The normalized spacial score (nSPS) is 12.7. The van der Waals surface area contributed by atoms with E-state index in [2.05, 4.69) is 4.74 Å². The maximum Gasteiger partial charge on any atom is 0.340 e. The van der Waals surface area contributed by atoms with Crippen LogP contribution in [0.2, 0.25) is 5.02 Å². The molecule has 2 aromatic rings. The van der Waals surface area contributed by atoms with Crippen molar-refractivity contribution in [3.63, 3.8) is 0 Å². The van der Waals surface area contributed by atoms with Gasteiger partial charge in [0, 0.05) is 17.0 Å². The smallest absolute Gasteiger partial charge is 0.340 e. The lowest BCUT2D eigenvalue weighted by atomic mass is 9.86. The number of hydrogen-bond donors (Lipinski definition) is 0. The van der Waals surface area contributed by atoms with E-state index in [-0.39, 0.29) is 29.9 Å². The molecule has 0 N–H and O–H groups in total. The molecule has 0 heterocycles. The van der Waals surface area contributed by atoms with Gasteiger partial charge in [-0.1, -0.05) is 35.9 Å². The molecule has 2 atom stereocenters. The van der Waals surface area contributed by atoms with Gasteiger partial charge in [-0.15, -0.1) is 0 Å². The van der Waals surface area contributed by atoms with E-state index in [9.17, 15) is 18.8 Å². The minimum atomic E-state index is -1.95. The summed E-state index contributed by atoms with van der Waals surface area (Å²) >= 11 is 5.89. The number of alkyl halides is 1. The van der Waals surface area contributed by atoms with E-state index < -0.39 is 24.0 Å². The molecule has 5 nitrogen and oxygen atoms in total. The molecule has 7 heteroatoms. The number of hydrogen-bond acceptors (Lipinski definition) is 5. The van der Waals surface area contributed by atoms with E-state index in [0.29, 0.717) is 10.6 Å². The Kier molecular flexibility index (Phi) is 7.70. The van der Waals surface area contributed by atoms with E-state index in [4.69, 9.17) is 16.3 Å². The molecule has 0 radical (unpaired) electrons. The van der Waals surface area contributed by atoms with Crippen LogP contribution in [0.4, 0.5) is 4.39 Å². The lowest BCUT2D eigenvalue weighted by Gasteiger charge is -2.18. The van der Waals surface area contributed by atoms with Crippen molar-refractivity contribution < 1.29 is 28.2 Å². The zero-order chi connectivity index (χ0) is 20.7. The molecule has 2 rings (SSSR count). The molecule has 0 saturated heterocycles. The van der Waals surface area contributed by atoms with E-state index >= 15 is 0 Å². The Bertz CT molecular complexity index is 833. The second kappa shape index (κ2) is 9.99. The molecule has 0 aliphatic rings. The van der Waals surface area contributed by atoms with Crippen molar-refractivity contribution in [1.82, 2.24) is 0 Å². The highest BCUT2D eigenvalue weighted by Gasteiger charge is 2.30. The number of ketones is 1. The number of carbonyl (C=O) groups excluding carboxylic acids is 3. The second-order valence-electron chi connectivity index (χ2n) is 5.99. The first-order chi connectivity index (χ1) is 13.4. The summed E-state index contributed by atoms with van der Waals surface area (Å²) in [6, 6.07) is 12.3. The fraction of sp³-hybridized carbons (Fsp3) is 0.286. The molecule has 0 saturated carbocycles. The predicted octanol–water partition coefficient (Wildman–Crippen LogP) is 4.38. The summed E-state index contributed by atoms with van der Waals surface area (Å²) in [5.74, 6) is -2.83. The van der Waals surface area contributed by atoms with Crippen molar-refractivity contribution in [2.45, 2.75) is 25.4 Å².